The maximum atomic E-state index is 15.7. The molecular weight excluding hydrogens is 547 g/mol. The summed E-state index contributed by atoms with van der Waals surface area (Å²) in [5.74, 6) is -0.0210. The Bertz CT molecular complexity index is 1580. The summed E-state index contributed by atoms with van der Waals surface area (Å²) in [4.78, 5) is 2.43. The number of piperidine rings is 1. The van der Waals surface area contributed by atoms with E-state index in [0.717, 1.165) is 97.8 Å². The molecule has 226 valence electrons. The molecule has 2 aromatic heterocycles. The van der Waals surface area contributed by atoms with Crippen LogP contribution in [0.5, 0.6) is 0 Å². The Labute approximate surface area is 251 Å². The van der Waals surface area contributed by atoms with Crippen LogP contribution in [-0.4, -0.2) is 55.1 Å². The van der Waals surface area contributed by atoms with E-state index in [0.29, 0.717) is 17.9 Å². The number of ether oxygens (including phenoxy) is 3. The Morgan fingerprint density at radius 2 is 1.74 bits per heavy atom. The predicted molar refractivity (Wildman–Crippen MR) is 163 cm³/mol. The Hall–Kier alpha value is -3.53. The molecule has 0 bridgehead atoms. The lowest BCUT2D eigenvalue weighted by molar-refractivity contribution is -0.141. The van der Waals surface area contributed by atoms with Gasteiger partial charge in [-0.25, -0.2) is 4.68 Å². The molecule has 4 aromatic rings. The van der Waals surface area contributed by atoms with Crippen LogP contribution in [0.4, 0.5) is 10.1 Å². The number of allylic oxidation sites excluding steroid dienone is 1. The minimum atomic E-state index is -0.420. The Balaban J connectivity index is 1.26. The topological polar surface area (TPSA) is 74.8 Å². The first-order valence-electron chi connectivity index (χ1n) is 15.5. The second-order valence-corrected chi connectivity index (χ2v) is 11.9. The molecule has 0 spiro atoms. The summed E-state index contributed by atoms with van der Waals surface area (Å²) in [6.45, 7) is 2.59. The number of aromatic nitrogens is 3. The van der Waals surface area contributed by atoms with Gasteiger partial charge in [-0.3, -0.25) is 0 Å². The fraction of sp³-hybridized carbons (Fsp3) is 0.471. The van der Waals surface area contributed by atoms with Crippen LogP contribution in [0.1, 0.15) is 73.4 Å². The van der Waals surface area contributed by atoms with E-state index in [4.69, 9.17) is 18.7 Å². The largest absolute Gasteiger partial charge is 0.372 e. The van der Waals surface area contributed by atoms with Crippen molar-refractivity contribution in [3.05, 3.63) is 77.1 Å². The zero-order valence-corrected chi connectivity index (χ0v) is 24.9. The van der Waals surface area contributed by atoms with Gasteiger partial charge < -0.3 is 23.6 Å². The zero-order valence-electron chi connectivity index (χ0n) is 24.9. The standard InChI is InChI=1S/C34H39FN4O4/c1-40-34(41-2)23-15-17-38(18-16-23)25-11-9-22(10-12-25)31-26(24-20-36-43-21-24)6-5-7-27-28(31)13-14-29-32(27)33(35)37-39(29)30-8-3-4-19-42-30/h9-14,20-21,23,30,34H,3-8,15-19H2,1-2H3. The minimum Gasteiger partial charge on any atom is -0.372 e. The van der Waals surface area contributed by atoms with Gasteiger partial charge in [0, 0.05) is 51.1 Å². The van der Waals surface area contributed by atoms with Crippen LogP contribution in [0, 0.1) is 11.9 Å². The highest BCUT2D eigenvalue weighted by Crippen LogP contribution is 2.43. The molecule has 4 heterocycles. The zero-order chi connectivity index (χ0) is 29.3. The van der Waals surface area contributed by atoms with Gasteiger partial charge in [0.25, 0.3) is 0 Å². The van der Waals surface area contributed by atoms with Gasteiger partial charge >= 0.3 is 0 Å². The highest BCUT2D eigenvalue weighted by molar-refractivity contribution is 6.02. The van der Waals surface area contributed by atoms with Crippen LogP contribution in [0.25, 0.3) is 22.0 Å². The number of rotatable bonds is 7. The Morgan fingerprint density at radius 3 is 2.44 bits per heavy atom. The lowest BCUT2D eigenvalue weighted by atomic mass is 9.87. The average Bonchev–Trinajstić information content (AvgIpc) is 3.66. The Kier molecular flexibility index (Phi) is 8.03. The molecule has 3 aliphatic rings. The lowest BCUT2D eigenvalue weighted by Gasteiger charge is -2.36. The van der Waals surface area contributed by atoms with Crippen molar-refractivity contribution >= 4 is 27.7 Å². The molecule has 7 rings (SSSR count). The van der Waals surface area contributed by atoms with Gasteiger partial charge in [-0.2, -0.15) is 4.39 Å². The fourth-order valence-electron chi connectivity index (χ4n) is 7.34. The first-order chi connectivity index (χ1) is 21.2. The molecule has 1 aliphatic carbocycles. The molecule has 1 atom stereocenters. The van der Waals surface area contributed by atoms with Crippen LogP contribution >= 0.6 is 0 Å². The van der Waals surface area contributed by atoms with E-state index < -0.39 is 5.95 Å². The molecule has 0 radical (unpaired) electrons. The van der Waals surface area contributed by atoms with Gasteiger partial charge in [0.1, 0.15) is 6.26 Å². The van der Waals surface area contributed by atoms with Gasteiger partial charge in [0.05, 0.1) is 17.1 Å². The van der Waals surface area contributed by atoms with Crippen molar-refractivity contribution in [1.29, 1.82) is 0 Å². The highest BCUT2D eigenvalue weighted by atomic mass is 19.1. The van der Waals surface area contributed by atoms with Gasteiger partial charge in [-0.05, 0) is 97.4 Å². The highest BCUT2D eigenvalue weighted by Gasteiger charge is 2.29. The molecule has 9 heteroatoms. The Morgan fingerprint density at radius 1 is 0.930 bits per heavy atom. The predicted octanol–water partition coefficient (Wildman–Crippen LogP) is 6.99. The third-order valence-electron chi connectivity index (χ3n) is 9.48. The summed E-state index contributed by atoms with van der Waals surface area (Å²) in [6, 6.07) is 13.0. The maximum absolute atomic E-state index is 15.7. The molecule has 2 aromatic carbocycles. The van der Waals surface area contributed by atoms with E-state index in [1.165, 1.54) is 11.3 Å². The quantitative estimate of drug-likeness (QED) is 0.216. The first-order valence-corrected chi connectivity index (χ1v) is 15.5. The van der Waals surface area contributed by atoms with Crippen molar-refractivity contribution in [2.75, 3.05) is 38.8 Å². The molecule has 2 fully saturated rings. The second-order valence-electron chi connectivity index (χ2n) is 11.9. The number of benzene rings is 2. The number of halogens is 1. The molecular formula is C34H39FN4O4. The van der Waals surface area contributed by atoms with Crippen LogP contribution in [0.2, 0.25) is 0 Å². The summed E-state index contributed by atoms with van der Waals surface area (Å²) in [7, 11) is 3.42. The molecule has 0 amide bonds. The maximum Gasteiger partial charge on any atom is 0.240 e. The van der Waals surface area contributed by atoms with E-state index in [9.17, 15) is 0 Å². The lowest BCUT2D eigenvalue weighted by Crippen LogP contribution is -2.39. The van der Waals surface area contributed by atoms with Crippen LogP contribution in [-0.2, 0) is 20.6 Å². The number of hydrogen-bond acceptors (Lipinski definition) is 7. The van der Waals surface area contributed by atoms with Gasteiger partial charge in [-0.1, -0.05) is 23.4 Å². The monoisotopic (exact) mass is 586 g/mol. The van der Waals surface area contributed by atoms with Crippen molar-refractivity contribution in [1.82, 2.24) is 14.9 Å². The van der Waals surface area contributed by atoms with Crippen molar-refractivity contribution in [2.45, 2.75) is 63.9 Å². The van der Waals surface area contributed by atoms with Crippen LogP contribution in [0.15, 0.2) is 53.4 Å². The number of fused-ring (bicyclic) bond motifs is 3. The smallest absolute Gasteiger partial charge is 0.240 e. The molecule has 0 saturated carbocycles. The third-order valence-corrected chi connectivity index (χ3v) is 9.48. The van der Waals surface area contributed by atoms with Gasteiger partial charge in [0.15, 0.2) is 12.5 Å². The van der Waals surface area contributed by atoms with Crippen LogP contribution in [0.3, 0.4) is 0 Å². The number of nitrogens with zero attached hydrogens (tertiary/aromatic N) is 4. The van der Waals surface area contributed by atoms with Crippen molar-refractivity contribution in [2.24, 2.45) is 5.92 Å². The second kappa shape index (κ2) is 12.2. The molecule has 0 N–H and O–H groups in total. The first kappa shape index (κ1) is 28.3. The number of aryl methyl sites for hydroxylation is 1. The van der Waals surface area contributed by atoms with Crippen molar-refractivity contribution < 1.29 is 23.1 Å². The van der Waals surface area contributed by atoms with E-state index >= 15 is 4.39 Å². The summed E-state index contributed by atoms with van der Waals surface area (Å²) < 4.78 is 39.8. The van der Waals surface area contributed by atoms with Crippen molar-refractivity contribution in [3.63, 3.8) is 0 Å². The molecule has 2 saturated heterocycles. The molecule has 43 heavy (non-hydrogen) atoms. The van der Waals surface area contributed by atoms with E-state index in [1.54, 1.807) is 31.4 Å². The van der Waals surface area contributed by atoms with Crippen molar-refractivity contribution in [3.8, 4) is 0 Å². The number of methoxy groups -OCH3 is 2. The van der Waals surface area contributed by atoms with Gasteiger partial charge in [0.2, 0.25) is 5.95 Å². The molecule has 8 nitrogen and oxygen atoms in total. The fourth-order valence-corrected chi connectivity index (χ4v) is 7.34. The SMILES string of the molecule is COC(OC)C1CCN(c2ccc(C3=C(c4cnoc4)CCCc4c3ccc3c4c(F)nn3C3CCCCO3)cc2)CC1. The normalized spacial score (nSPS) is 20.2. The number of hydrogen-bond donors (Lipinski definition) is 0. The summed E-state index contributed by atoms with van der Waals surface area (Å²) in [5.41, 5.74) is 8.39. The summed E-state index contributed by atoms with van der Waals surface area (Å²) >= 11 is 0. The summed E-state index contributed by atoms with van der Waals surface area (Å²) in [6.07, 6.45) is 10.6. The third kappa shape index (κ3) is 5.28. The molecule has 2 aliphatic heterocycles. The van der Waals surface area contributed by atoms with Crippen LogP contribution < -0.4 is 4.90 Å². The average molecular weight is 587 g/mol. The van der Waals surface area contributed by atoms with E-state index in [1.807, 2.05) is 6.07 Å². The van der Waals surface area contributed by atoms with Gasteiger partial charge in [-0.15, -0.1) is 5.10 Å². The van der Waals surface area contributed by atoms with E-state index in [2.05, 4.69) is 45.5 Å². The minimum absolute atomic E-state index is 0.152. The molecule has 1 unspecified atom stereocenters. The summed E-state index contributed by atoms with van der Waals surface area (Å²) in [5, 5.41) is 9.00. The number of anilines is 1. The van der Waals surface area contributed by atoms with E-state index in [-0.39, 0.29) is 12.5 Å².